The molecule has 112 valence electrons. The van der Waals surface area contributed by atoms with Crippen LogP contribution in [0.15, 0.2) is 42.5 Å². The lowest BCUT2D eigenvalue weighted by Gasteiger charge is -2.21. The quantitative estimate of drug-likeness (QED) is 0.866. The topological polar surface area (TPSA) is 21.3 Å². The lowest BCUT2D eigenvalue weighted by atomic mass is 9.97. The van der Waals surface area contributed by atoms with Crippen LogP contribution in [0.4, 0.5) is 8.78 Å². The molecule has 0 aromatic heterocycles. The van der Waals surface area contributed by atoms with Gasteiger partial charge >= 0.3 is 0 Å². The van der Waals surface area contributed by atoms with E-state index in [4.69, 9.17) is 4.74 Å². The van der Waals surface area contributed by atoms with Crippen molar-refractivity contribution in [3.8, 4) is 5.75 Å². The van der Waals surface area contributed by atoms with E-state index in [0.717, 1.165) is 12.0 Å². The van der Waals surface area contributed by atoms with Crippen LogP contribution in [0.5, 0.6) is 5.75 Å². The van der Waals surface area contributed by atoms with Crippen LogP contribution >= 0.6 is 0 Å². The fourth-order valence-electron chi connectivity index (χ4n) is 2.28. The van der Waals surface area contributed by atoms with Gasteiger partial charge in [-0.05, 0) is 42.8 Å². The van der Waals surface area contributed by atoms with E-state index in [0.29, 0.717) is 12.3 Å². The molecule has 0 aliphatic rings. The number of hydrogen-bond donors (Lipinski definition) is 1. The van der Waals surface area contributed by atoms with Crippen molar-refractivity contribution in [2.45, 2.75) is 19.4 Å². The normalized spacial score (nSPS) is 12.2. The summed E-state index contributed by atoms with van der Waals surface area (Å²) in [7, 11) is 1.57. The van der Waals surface area contributed by atoms with E-state index >= 15 is 0 Å². The van der Waals surface area contributed by atoms with Crippen molar-refractivity contribution in [1.29, 1.82) is 0 Å². The van der Waals surface area contributed by atoms with Gasteiger partial charge in [0.1, 0.15) is 17.4 Å². The maximum atomic E-state index is 14.1. The molecule has 21 heavy (non-hydrogen) atoms. The van der Waals surface area contributed by atoms with Crippen molar-refractivity contribution in [3.05, 3.63) is 65.2 Å². The first-order chi connectivity index (χ1) is 10.2. The average Bonchev–Trinajstić information content (AvgIpc) is 2.50. The van der Waals surface area contributed by atoms with Crippen molar-refractivity contribution < 1.29 is 13.5 Å². The second-order valence-electron chi connectivity index (χ2n) is 4.80. The lowest BCUT2D eigenvalue weighted by molar-refractivity contribution is 0.413. The number of rotatable bonds is 6. The van der Waals surface area contributed by atoms with Crippen LogP contribution in [0, 0.1) is 11.6 Å². The summed E-state index contributed by atoms with van der Waals surface area (Å²) < 4.78 is 33.4. The molecule has 2 rings (SSSR count). The highest BCUT2D eigenvalue weighted by molar-refractivity contribution is 5.37. The van der Waals surface area contributed by atoms with E-state index < -0.39 is 17.7 Å². The van der Waals surface area contributed by atoms with Gasteiger partial charge in [0.05, 0.1) is 13.2 Å². The molecule has 4 heteroatoms. The summed E-state index contributed by atoms with van der Waals surface area (Å²) in [6.07, 6.45) is 0.872. The van der Waals surface area contributed by atoms with Gasteiger partial charge in [0.2, 0.25) is 0 Å². The number of hydrogen-bond acceptors (Lipinski definition) is 2. The van der Waals surface area contributed by atoms with Crippen LogP contribution in [0.1, 0.15) is 30.5 Å². The Labute approximate surface area is 123 Å². The third-order valence-electron chi connectivity index (χ3n) is 3.31. The van der Waals surface area contributed by atoms with Gasteiger partial charge in [0.25, 0.3) is 0 Å². The smallest absolute Gasteiger partial charge is 0.131 e. The first-order valence-corrected chi connectivity index (χ1v) is 6.98. The molecular weight excluding hydrogens is 272 g/mol. The van der Waals surface area contributed by atoms with E-state index in [-0.39, 0.29) is 5.56 Å². The van der Waals surface area contributed by atoms with Gasteiger partial charge in [-0.1, -0.05) is 25.1 Å². The van der Waals surface area contributed by atoms with Gasteiger partial charge in [-0.15, -0.1) is 0 Å². The highest BCUT2D eigenvalue weighted by atomic mass is 19.1. The maximum absolute atomic E-state index is 14.1. The molecule has 0 saturated carbocycles. The van der Waals surface area contributed by atoms with E-state index in [9.17, 15) is 8.78 Å². The second kappa shape index (κ2) is 7.18. The molecule has 2 nitrogen and oxygen atoms in total. The van der Waals surface area contributed by atoms with Crippen LogP contribution < -0.4 is 10.1 Å². The van der Waals surface area contributed by atoms with Crippen LogP contribution in [-0.2, 0) is 0 Å². The number of methoxy groups -OCH3 is 1. The predicted octanol–water partition coefficient (Wildman–Crippen LogP) is 4.06. The van der Waals surface area contributed by atoms with Crippen LogP contribution in [0.3, 0.4) is 0 Å². The van der Waals surface area contributed by atoms with Crippen molar-refractivity contribution in [2.75, 3.05) is 13.7 Å². The maximum Gasteiger partial charge on any atom is 0.131 e. The van der Waals surface area contributed by atoms with Crippen molar-refractivity contribution >= 4 is 0 Å². The Morgan fingerprint density at radius 1 is 1.10 bits per heavy atom. The third-order valence-corrected chi connectivity index (χ3v) is 3.31. The zero-order valence-corrected chi connectivity index (χ0v) is 12.2. The Hall–Kier alpha value is -1.94. The molecule has 0 heterocycles. The molecule has 0 fully saturated rings. The van der Waals surface area contributed by atoms with Gasteiger partial charge in [-0.2, -0.15) is 0 Å². The van der Waals surface area contributed by atoms with Gasteiger partial charge in [-0.3, -0.25) is 0 Å². The fourth-order valence-corrected chi connectivity index (χ4v) is 2.28. The molecule has 0 spiro atoms. The number of halogens is 2. The molecule has 1 unspecified atom stereocenters. The summed E-state index contributed by atoms with van der Waals surface area (Å²) in [5.74, 6) is -0.439. The molecule has 0 amide bonds. The fraction of sp³-hybridized carbons (Fsp3) is 0.294. The molecule has 0 aliphatic heterocycles. The second-order valence-corrected chi connectivity index (χ2v) is 4.80. The molecule has 0 aliphatic carbocycles. The highest BCUT2D eigenvalue weighted by Gasteiger charge is 2.21. The standard InChI is InChI=1S/C17H19F2NO/c1-3-10-20-17(12-6-4-7-13(11-12)21-2)16-14(18)8-5-9-15(16)19/h4-9,11,17,20H,3,10H2,1-2H3. The van der Waals surface area contributed by atoms with Crippen molar-refractivity contribution in [1.82, 2.24) is 5.32 Å². The van der Waals surface area contributed by atoms with Gasteiger partial charge in [-0.25, -0.2) is 8.78 Å². The first-order valence-electron chi connectivity index (χ1n) is 6.98. The highest BCUT2D eigenvalue weighted by Crippen LogP contribution is 2.29. The zero-order valence-electron chi connectivity index (χ0n) is 12.2. The third kappa shape index (κ3) is 3.58. The van der Waals surface area contributed by atoms with Crippen molar-refractivity contribution in [2.24, 2.45) is 0 Å². The zero-order chi connectivity index (χ0) is 15.2. The molecule has 0 bridgehead atoms. The lowest BCUT2D eigenvalue weighted by Crippen LogP contribution is -2.25. The molecule has 0 radical (unpaired) electrons. The minimum Gasteiger partial charge on any atom is -0.497 e. The van der Waals surface area contributed by atoms with Crippen molar-refractivity contribution in [3.63, 3.8) is 0 Å². The summed E-state index contributed by atoms with van der Waals surface area (Å²) in [5, 5.41) is 3.20. The van der Waals surface area contributed by atoms with E-state index in [1.807, 2.05) is 19.1 Å². The van der Waals surface area contributed by atoms with E-state index in [2.05, 4.69) is 5.32 Å². The van der Waals surface area contributed by atoms with E-state index in [1.54, 1.807) is 19.2 Å². The minimum atomic E-state index is -0.550. The molecule has 1 N–H and O–H groups in total. The van der Waals surface area contributed by atoms with Gasteiger partial charge < -0.3 is 10.1 Å². The molecule has 1 atom stereocenters. The monoisotopic (exact) mass is 291 g/mol. The number of ether oxygens (including phenoxy) is 1. The molecular formula is C17H19F2NO. The Kier molecular flexibility index (Phi) is 5.28. The van der Waals surface area contributed by atoms with E-state index in [1.165, 1.54) is 18.2 Å². The van der Waals surface area contributed by atoms with Gasteiger partial charge in [0.15, 0.2) is 0 Å². The molecule has 2 aromatic rings. The molecule has 2 aromatic carbocycles. The minimum absolute atomic E-state index is 0.0409. The number of nitrogens with one attached hydrogen (secondary N) is 1. The summed E-state index contributed by atoms with van der Waals surface area (Å²) in [6.45, 7) is 2.67. The first kappa shape index (κ1) is 15.4. The molecule has 0 saturated heterocycles. The van der Waals surface area contributed by atoms with Crippen LogP contribution in [0.2, 0.25) is 0 Å². The summed E-state index contributed by atoms with van der Waals surface area (Å²) >= 11 is 0. The van der Waals surface area contributed by atoms with Crippen LogP contribution in [-0.4, -0.2) is 13.7 Å². The predicted molar refractivity (Wildman–Crippen MR) is 79.5 cm³/mol. The summed E-state index contributed by atoms with van der Waals surface area (Å²) in [6, 6.07) is 10.6. The Morgan fingerprint density at radius 2 is 1.76 bits per heavy atom. The van der Waals surface area contributed by atoms with Gasteiger partial charge in [0, 0.05) is 5.56 Å². The SMILES string of the molecule is CCCNC(c1cccc(OC)c1)c1c(F)cccc1F. The Balaban J connectivity index is 2.47. The summed E-state index contributed by atoms with van der Waals surface area (Å²) in [5.41, 5.74) is 0.811. The summed E-state index contributed by atoms with van der Waals surface area (Å²) in [4.78, 5) is 0. The Bertz CT molecular complexity index is 581. The number of benzene rings is 2. The largest absolute Gasteiger partial charge is 0.497 e. The van der Waals surface area contributed by atoms with Crippen LogP contribution in [0.25, 0.3) is 0 Å². The Morgan fingerprint density at radius 3 is 2.38 bits per heavy atom. The average molecular weight is 291 g/mol.